The molecule has 1 aliphatic heterocycles. The van der Waals surface area contributed by atoms with E-state index in [4.69, 9.17) is 20.2 Å². The van der Waals surface area contributed by atoms with Crippen LogP contribution in [-0.2, 0) is 21.4 Å². The van der Waals surface area contributed by atoms with E-state index < -0.39 is 0 Å². The van der Waals surface area contributed by atoms with Crippen LogP contribution in [0.5, 0.6) is 0 Å². The first kappa shape index (κ1) is 17.7. The van der Waals surface area contributed by atoms with Gasteiger partial charge in [0.2, 0.25) is 0 Å². The second-order valence-electron chi connectivity index (χ2n) is 8.61. The average Bonchev–Trinajstić information content (AvgIpc) is 3.22. The van der Waals surface area contributed by atoms with Crippen LogP contribution in [-0.4, -0.2) is 30.8 Å². The molecule has 2 N–H and O–H groups in total. The highest BCUT2D eigenvalue weighted by atomic mass is 16.5. The molecular formula is C23H27N3O2. The zero-order chi connectivity index (χ0) is 19.4. The van der Waals surface area contributed by atoms with Gasteiger partial charge < -0.3 is 15.2 Å². The Balaban J connectivity index is 1.61. The molecule has 5 nitrogen and oxygen atoms in total. The molecule has 0 bridgehead atoms. The lowest BCUT2D eigenvalue weighted by Gasteiger charge is -2.45. The van der Waals surface area contributed by atoms with Crippen molar-refractivity contribution in [1.29, 1.82) is 0 Å². The average molecular weight is 377 g/mol. The van der Waals surface area contributed by atoms with E-state index in [1.165, 1.54) is 16.7 Å². The fourth-order valence-electron chi connectivity index (χ4n) is 5.62. The number of rotatable bonds is 2. The van der Waals surface area contributed by atoms with Gasteiger partial charge >= 0.3 is 0 Å². The maximum absolute atomic E-state index is 6.05. The number of aromatic nitrogens is 1. The van der Waals surface area contributed by atoms with E-state index >= 15 is 0 Å². The van der Waals surface area contributed by atoms with Crippen LogP contribution < -0.4 is 5.73 Å². The minimum absolute atomic E-state index is 0.0644. The molecular weight excluding hydrogens is 350 g/mol. The van der Waals surface area contributed by atoms with E-state index in [0.29, 0.717) is 18.7 Å². The van der Waals surface area contributed by atoms with Crippen molar-refractivity contribution < 1.29 is 9.47 Å². The van der Waals surface area contributed by atoms with Crippen molar-refractivity contribution in [1.82, 2.24) is 4.98 Å². The Labute approximate surface area is 166 Å². The van der Waals surface area contributed by atoms with Crippen LogP contribution in [0.4, 0.5) is 0 Å². The lowest BCUT2D eigenvalue weighted by Crippen LogP contribution is -2.46. The van der Waals surface area contributed by atoms with Gasteiger partial charge in [-0.15, -0.1) is 0 Å². The monoisotopic (exact) mass is 377 g/mol. The number of methoxy groups -OCH3 is 1. The highest BCUT2D eigenvalue weighted by molar-refractivity contribution is 5.76. The topological polar surface area (TPSA) is 69.7 Å². The number of ether oxygens (including phenoxy) is 2. The molecule has 0 radical (unpaired) electrons. The van der Waals surface area contributed by atoms with Crippen molar-refractivity contribution in [2.24, 2.45) is 16.1 Å². The summed E-state index contributed by atoms with van der Waals surface area (Å²) in [6.45, 7) is 2.61. The SMILES string of the molecule is COC1CCC2(CC1)Cc1ccc(-c3cncc(C)c3)cc1[C@@]21COC(N)=N1. The van der Waals surface area contributed by atoms with Gasteiger partial charge in [0.05, 0.1) is 6.10 Å². The zero-order valence-electron chi connectivity index (χ0n) is 16.6. The highest BCUT2D eigenvalue weighted by Crippen LogP contribution is 2.61. The molecule has 3 aliphatic rings. The Kier molecular flexibility index (Phi) is 3.98. The van der Waals surface area contributed by atoms with Crippen molar-refractivity contribution in [3.8, 4) is 11.1 Å². The van der Waals surface area contributed by atoms with E-state index in [9.17, 15) is 0 Å². The first-order chi connectivity index (χ1) is 13.6. The fourth-order valence-corrected chi connectivity index (χ4v) is 5.62. The summed E-state index contributed by atoms with van der Waals surface area (Å²) in [6, 6.07) is 9.29. The number of amidine groups is 1. The van der Waals surface area contributed by atoms with Crippen molar-refractivity contribution in [3.05, 3.63) is 53.3 Å². The number of hydrogen-bond acceptors (Lipinski definition) is 5. The molecule has 28 heavy (non-hydrogen) atoms. The third-order valence-corrected chi connectivity index (χ3v) is 7.12. The number of pyridine rings is 1. The number of benzene rings is 1. The predicted molar refractivity (Wildman–Crippen MR) is 109 cm³/mol. The van der Waals surface area contributed by atoms with Crippen molar-refractivity contribution in [3.63, 3.8) is 0 Å². The highest BCUT2D eigenvalue weighted by Gasteiger charge is 2.61. The van der Waals surface area contributed by atoms with Crippen LogP contribution >= 0.6 is 0 Å². The normalized spacial score (nSPS) is 31.1. The third-order valence-electron chi connectivity index (χ3n) is 7.12. The van der Waals surface area contributed by atoms with Crippen molar-refractivity contribution >= 4 is 6.02 Å². The number of nitrogens with zero attached hydrogens (tertiary/aromatic N) is 2. The quantitative estimate of drug-likeness (QED) is 0.866. The minimum atomic E-state index is -0.377. The third kappa shape index (κ3) is 2.49. The summed E-state index contributed by atoms with van der Waals surface area (Å²) in [6.07, 6.45) is 9.50. The fraction of sp³-hybridized carbons (Fsp3) is 0.478. The summed E-state index contributed by atoms with van der Waals surface area (Å²) < 4.78 is 11.4. The Hall–Kier alpha value is -2.40. The first-order valence-corrected chi connectivity index (χ1v) is 10.1. The summed E-state index contributed by atoms with van der Waals surface area (Å²) >= 11 is 0. The largest absolute Gasteiger partial charge is 0.462 e. The molecule has 2 spiro atoms. The Bertz CT molecular complexity index is 947. The molecule has 1 aromatic carbocycles. The van der Waals surface area contributed by atoms with Crippen LogP contribution in [0.15, 0.2) is 41.7 Å². The van der Waals surface area contributed by atoms with Gasteiger partial charge in [-0.2, -0.15) is 0 Å². The van der Waals surface area contributed by atoms with Gasteiger partial charge in [-0.3, -0.25) is 4.98 Å². The lowest BCUT2D eigenvalue weighted by molar-refractivity contribution is -0.00983. The van der Waals surface area contributed by atoms with E-state index in [1.807, 2.05) is 19.5 Å². The molecule has 1 aromatic heterocycles. The predicted octanol–water partition coefficient (Wildman–Crippen LogP) is 3.73. The van der Waals surface area contributed by atoms with Gasteiger partial charge in [-0.1, -0.05) is 12.1 Å². The first-order valence-electron chi connectivity index (χ1n) is 10.1. The number of aliphatic imine (C=N–C) groups is 1. The van der Waals surface area contributed by atoms with Crippen molar-refractivity contribution in [2.45, 2.75) is 50.7 Å². The number of hydrogen-bond donors (Lipinski definition) is 1. The summed E-state index contributed by atoms with van der Waals surface area (Å²) in [5.41, 5.74) is 11.9. The minimum Gasteiger partial charge on any atom is -0.462 e. The summed E-state index contributed by atoms with van der Waals surface area (Å²) in [5, 5.41) is 0. The van der Waals surface area contributed by atoms with Crippen LogP contribution in [0.3, 0.4) is 0 Å². The Morgan fingerprint density at radius 1 is 1.14 bits per heavy atom. The Morgan fingerprint density at radius 2 is 1.96 bits per heavy atom. The molecule has 0 unspecified atom stereocenters. The molecule has 2 aromatic rings. The molecule has 1 fully saturated rings. The van der Waals surface area contributed by atoms with Crippen molar-refractivity contribution in [2.75, 3.05) is 13.7 Å². The van der Waals surface area contributed by atoms with Crippen LogP contribution in [0.25, 0.3) is 11.1 Å². The molecule has 1 saturated carbocycles. The van der Waals surface area contributed by atoms with Gasteiger partial charge in [-0.05, 0) is 73.4 Å². The van der Waals surface area contributed by atoms with Gasteiger partial charge in [0, 0.05) is 30.5 Å². The second kappa shape index (κ2) is 6.31. The number of aryl methyl sites for hydroxylation is 1. The van der Waals surface area contributed by atoms with E-state index in [-0.39, 0.29) is 11.0 Å². The zero-order valence-corrected chi connectivity index (χ0v) is 16.6. The molecule has 2 heterocycles. The summed E-state index contributed by atoms with van der Waals surface area (Å²) in [7, 11) is 1.82. The summed E-state index contributed by atoms with van der Waals surface area (Å²) in [5.74, 6) is 0. The number of fused-ring (bicyclic) bond motifs is 3. The molecule has 1 atom stereocenters. The lowest BCUT2D eigenvalue weighted by atomic mass is 9.62. The van der Waals surface area contributed by atoms with Crippen LogP contribution in [0, 0.1) is 12.3 Å². The number of nitrogens with two attached hydrogens (primary N) is 1. The van der Waals surface area contributed by atoms with E-state index in [0.717, 1.165) is 43.2 Å². The smallest absolute Gasteiger partial charge is 0.283 e. The maximum Gasteiger partial charge on any atom is 0.283 e. The molecule has 2 aliphatic carbocycles. The van der Waals surface area contributed by atoms with Gasteiger partial charge in [0.1, 0.15) is 12.1 Å². The van der Waals surface area contributed by atoms with Crippen LogP contribution in [0.2, 0.25) is 0 Å². The molecule has 146 valence electrons. The standard InChI is InChI=1S/C23H27N3O2/c1-15-9-18(13-25-12-15)16-3-4-17-11-22(7-5-19(27-2)6-8-22)23(20(17)10-16)14-28-21(24)26-23/h3-4,9-10,12-13,19H,5-8,11,14H2,1-2H3,(H2,24,26)/t19?,22?,23-/m0/s1. The van der Waals surface area contributed by atoms with Crippen LogP contribution in [0.1, 0.15) is 42.4 Å². The van der Waals surface area contributed by atoms with Gasteiger partial charge in [-0.25, -0.2) is 4.99 Å². The Morgan fingerprint density at radius 3 is 2.64 bits per heavy atom. The maximum atomic E-state index is 6.05. The molecule has 5 rings (SSSR count). The molecule has 0 amide bonds. The second-order valence-corrected chi connectivity index (χ2v) is 8.61. The van der Waals surface area contributed by atoms with Gasteiger partial charge in [0.15, 0.2) is 0 Å². The molecule has 5 heteroatoms. The molecule has 0 saturated heterocycles. The van der Waals surface area contributed by atoms with E-state index in [1.54, 1.807) is 0 Å². The van der Waals surface area contributed by atoms with Gasteiger partial charge in [0.25, 0.3) is 6.02 Å². The van der Waals surface area contributed by atoms with E-state index in [2.05, 4.69) is 36.2 Å². The summed E-state index contributed by atoms with van der Waals surface area (Å²) in [4.78, 5) is 9.33.